The van der Waals surface area contributed by atoms with Crippen molar-refractivity contribution in [3.05, 3.63) is 36.0 Å². The van der Waals surface area contributed by atoms with Crippen molar-refractivity contribution in [2.45, 2.75) is 140 Å². The number of esters is 1. The summed E-state index contributed by atoms with van der Waals surface area (Å²) in [5, 5.41) is 0. The maximum absolute atomic E-state index is 13.4. The monoisotopic (exact) mass is 671 g/mol. The lowest BCUT2D eigenvalue weighted by atomic mass is 9.83. The van der Waals surface area contributed by atoms with E-state index in [0.717, 1.165) is 44.5 Å². The van der Waals surface area contributed by atoms with E-state index < -0.39 is 6.10 Å². The van der Waals surface area contributed by atoms with Crippen LogP contribution >= 0.6 is 0 Å². The van der Waals surface area contributed by atoms with Crippen LogP contribution in [0.25, 0.3) is 0 Å². The van der Waals surface area contributed by atoms with E-state index in [1.807, 2.05) is 17.9 Å². The topological polar surface area (TPSA) is 71.6 Å². The first-order valence-corrected chi connectivity index (χ1v) is 19.0. The molecule has 48 heavy (non-hydrogen) atoms. The first-order chi connectivity index (χ1) is 22.4. The van der Waals surface area contributed by atoms with Crippen LogP contribution in [0.15, 0.2) is 36.0 Å². The summed E-state index contributed by atoms with van der Waals surface area (Å²) < 4.78 is 18.5. The van der Waals surface area contributed by atoms with Crippen LogP contribution in [0.1, 0.15) is 115 Å². The van der Waals surface area contributed by atoms with Gasteiger partial charge in [0.05, 0.1) is 12.2 Å². The Balaban J connectivity index is 1.68. The van der Waals surface area contributed by atoms with Crippen LogP contribution in [0, 0.1) is 40.4 Å². The number of ether oxygens (including phenoxy) is 3. The zero-order chi connectivity index (χ0) is 35.8. The maximum Gasteiger partial charge on any atom is 0.410 e. The lowest BCUT2D eigenvalue weighted by Gasteiger charge is -2.38. The molecule has 0 radical (unpaired) electrons. The molecule has 0 aliphatic carbocycles. The third kappa shape index (κ3) is 13.0. The number of carbonyl (C=O) groups excluding carboxylic acids is 2. The number of carbonyl (C=O) groups is 2. The number of amides is 1. The molecule has 0 aromatic rings. The van der Waals surface area contributed by atoms with E-state index in [1.165, 1.54) is 6.42 Å². The van der Waals surface area contributed by atoms with Gasteiger partial charge in [-0.1, -0.05) is 107 Å². The van der Waals surface area contributed by atoms with Crippen LogP contribution in [0.3, 0.4) is 0 Å². The third-order valence-electron chi connectivity index (χ3n) is 10.9. The molecule has 0 aromatic carbocycles. The molecule has 274 valence electrons. The van der Waals surface area contributed by atoms with Crippen LogP contribution in [0.2, 0.25) is 0 Å². The zero-order valence-electron chi connectivity index (χ0n) is 32.6. The minimum Gasteiger partial charge on any atom is -0.457 e. The number of epoxide rings is 1. The Hall–Kier alpha value is -2.12. The Labute approximate surface area is 293 Å². The van der Waals surface area contributed by atoms with Crippen molar-refractivity contribution in [1.82, 2.24) is 9.80 Å². The molecule has 2 fully saturated rings. The molecule has 3 aliphatic rings. The Morgan fingerprint density at radius 1 is 1.04 bits per heavy atom. The van der Waals surface area contributed by atoms with Gasteiger partial charge >= 0.3 is 12.1 Å². The molecule has 9 unspecified atom stereocenters. The molecule has 2 saturated heterocycles. The van der Waals surface area contributed by atoms with Gasteiger partial charge in [-0.05, 0) is 72.3 Å². The fraction of sp³-hybridized carbons (Fsp3) is 0.805. The summed E-state index contributed by atoms with van der Waals surface area (Å²) in [5.41, 5.74) is 1.22. The molecule has 3 rings (SSSR count). The first-order valence-electron chi connectivity index (χ1n) is 19.0. The number of piperazine rings is 1. The van der Waals surface area contributed by atoms with E-state index in [2.05, 4.69) is 105 Å². The minimum absolute atomic E-state index is 0.0119. The van der Waals surface area contributed by atoms with Gasteiger partial charge in [-0.2, -0.15) is 0 Å². The van der Waals surface area contributed by atoms with Gasteiger partial charge in [0.25, 0.3) is 0 Å². The van der Waals surface area contributed by atoms with Gasteiger partial charge < -0.3 is 19.1 Å². The highest BCUT2D eigenvalue weighted by Gasteiger charge is 2.46. The van der Waals surface area contributed by atoms with Gasteiger partial charge in [-0.3, -0.25) is 9.69 Å². The number of rotatable bonds is 10. The molecule has 0 bridgehead atoms. The summed E-state index contributed by atoms with van der Waals surface area (Å²) in [6.45, 7) is 30.7. The SMILES string of the molecule is CCC(C)C(C)C1OC1CC(C)(C)/C=C/C=C(\C)C1OC(=O)CC(C)CCC(C)C(OC(=O)N2CCN(CC(C)(C)C)CC2)/C=C/C1C. The Morgan fingerprint density at radius 3 is 2.33 bits per heavy atom. The maximum atomic E-state index is 13.4. The molecule has 0 saturated carbocycles. The lowest BCUT2D eigenvalue weighted by Crippen LogP contribution is -2.51. The van der Waals surface area contributed by atoms with E-state index in [4.69, 9.17) is 14.2 Å². The Morgan fingerprint density at radius 2 is 1.71 bits per heavy atom. The predicted octanol–water partition coefficient (Wildman–Crippen LogP) is 9.08. The highest BCUT2D eigenvalue weighted by molar-refractivity contribution is 5.70. The Bertz CT molecular complexity index is 1130. The van der Waals surface area contributed by atoms with Gasteiger partial charge in [0.2, 0.25) is 0 Å². The van der Waals surface area contributed by atoms with E-state index in [1.54, 1.807) is 0 Å². The highest BCUT2D eigenvalue weighted by atomic mass is 16.6. The summed E-state index contributed by atoms with van der Waals surface area (Å²) >= 11 is 0. The molecule has 0 N–H and O–H groups in total. The third-order valence-corrected chi connectivity index (χ3v) is 10.9. The Kier molecular flexibility index (Phi) is 14.9. The molecule has 1 amide bonds. The molecule has 9 atom stereocenters. The van der Waals surface area contributed by atoms with Gasteiger partial charge in [-0.25, -0.2) is 4.79 Å². The van der Waals surface area contributed by atoms with E-state index in [9.17, 15) is 9.59 Å². The summed E-state index contributed by atoms with van der Waals surface area (Å²) in [5.74, 6) is 1.34. The zero-order valence-corrected chi connectivity index (χ0v) is 32.6. The second kappa shape index (κ2) is 17.7. The molecule has 7 heteroatoms. The summed E-state index contributed by atoms with van der Waals surface area (Å²) in [6.07, 6.45) is 14.6. The summed E-state index contributed by atoms with van der Waals surface area (Å²) in [6, 6.07) is 0. The molecule has 0 spiro atoms. The van der Waals surface area contributed by atoms with E-state index in [-0.39, 0.29) is 46.8 Å². The van der Waals surface area contributed by atoms with E-state index >= 15 is 0 Å². The molecular weight excluding hydrogens is 600 g/mol. The molecule has 0 aromatic heterocycles. The van der Waals surface area contributed by atoms with Crippen molar-refractivity contribution in [3.63, 3.8) is 0 Å². The molecule has 3 aliphatic heterocycles. The molecule has 3 heterocycles. The molecular formula is C41H70N2O5. The summed E-state index contributed by atoms with van der Waals surface area (Å²) in [4.78, 5) is 30.7. The number of cyclic esters (lactones) is 1. The fourth-order valence-electron chi connectivity index (χ4n) is 7.20. The first kappa shape index (κ1) is 40.3. The van der Waals surface area contributed by atoms with Crippen molar-refractivity contribution < 1.29 is 23.8 Å². The fourth-order valence-corrected chi connectivity index (χ4v) is 7.20. The van der Waals surface area contributed by atoms with Crippen LogP contribution in [-0.4, -0.2) is 79.0 Å². The van der Waals surface area contributed by atoms with Crippen molar-refractivity contribution in [3.8, 4) is 0 Å². The van der Waals surface area contributed by atoms with Crippen molar-refractivity contribution in [2.75, 3.05) is 32.7 Å². The van der Waals surface area contributed by atoms with Crippen LogP contribution in [0.5, 0.6) is 0 Å². The quantitative estimate of drug-likeness (QED) is 0.1000. The van der Waals surface area contributed by atoms with Crippen molar-refractivity contribution in [2.24, 2.45) is 40.4 Å². The van der Waals surface area contributed by atoms with Gasteiger partial charge in [-0.15, -0.1) is 0 Å². The molecule has 7 nitrogen and oxygen atoms in total. The number of hydrogen-bond acceptors (Lipinski definition) is 6. The number of allylic oxidation sites excluding steroid dienone is 3. The lowest BCUT2D eigenvalue weighted by molar-refractivity contribution is -0.149. The van der Waals surface area contributed by atoms with Crippen molar-refractivity contribution in [1.29, 1.82) is 0 Å². The van der Waals surface area contributed by atoms with E-state index in [0.29, 0.717) is 43.6 Å². The standard InChI is InChI=1S/C41H70N2O5/c1-13-29(3)33(7)38-35(46-38)26-41(11,12)20-14-15-31(5)37-32(6)18-19-34(30(4)17-16-28(2)25-36(44)48-37)47-39(45)43-23-21-42(22-24-43)27-40(8,9)10/h14-15,18-20,28-30,32-35,37-38H,13,16-17,21-27H2,1-12H3/b19-18+,20-14+,31-15+. The minimum atomic E-state index is -0.400. The van der Waals surface area contributed by atoms with Crippen LogP contribution in [-0.2, 0) is 19.0 Å². The average Bonchev–Trinajstić information content (AvgIpc) is 3.76. The second-order valence-corrected chi connectivity index (χ2v) is 17.5. The van der Waals surface area contributed by atoms with Crippen LogP contribution in [0.4, 0.5) is 4.79 Å². The largest absolute Gasteiger partial charge is 0.457 e. The summed E-state index contributed by atoms with van der Waals surface area (Å²) in [7, 11) is 0. The van der Waals surface area contributed by atoms with Gasteiger partial charge in [0.1, 0.15) is 12.2 Å². The predicted molar refractivity (Wildman–Crippen MR) is 197 cm³/mol. The smallest absolute Gasteiger partial charge is 0.410 e. The second-order valence-electron chi connectivity index (χ2n) is 17.5. The van der Waals surface area contributed by atoms with Crippen molar-refractivity contribution >= 4 is 12.1 Å². The van der Waals surface area contributed by atoms with Crippen LogP contribution < -0.4 is 0 Å². The average molecular weight is 671 g/mol. The number of nitrogens with zero attached hydrogens (tertiary/aromatic N) is 2. The number of hydrogen-bond donors (Lipinski definition) is 0. The van der Waals surface area contributed by atoms with Gasteiger partial charge in [0, 0.05) is 45.1 Å². The normalized spacial score (nSPS) is 32.2. The highest BCUT2D eigenvalue weighted by Crippen LogP contribution is 2.41. The van der Waals surface area contributed by atoms with Gasteiger partial charge in [0.15, 0.2) is 0 Å².